The van der Waals surface area contributed by atoms with E-state index in [1.807, 2.05) is 12.1 Å². The molecule has 19 heavy (non-hydrogen) atoms. The van der Waals surface area contributed by atoms with Gasteiger partial charge in [0.15, 0.2) is 0 Å². The molecule has 100 valence electrons. The summed E-state index contributed by atoms with van der Waals surface area (Å²) in [5, 5.41) is 3.49. The number of hydrogen-bond acceptors (Lipinski definition) is 1. The zero-order valence-electron chi connectivity index (χ0n) is 11.1. The van der Waals surface area contributed by atoms with Crippen molar-refractivity contribution in [2.24, 2.45) is 0 Å². The van der Waals surface area contributed by atoms with Crippen LogP contribution in [-0.4, -0.2) is 0 Å². The van der Waals surface area contributed by atoms with Crippen molar-refractivity contribution in [1.82, 2.24) is 5.32 Å². The van der Waals surface area contributed by atoms with Crippen molar-refractivity contribution < 1.29 is 4.39 Å². The Bertz CT molecular complexity index is 568. The maximum absolute atomic E-state index is 13.8. The highest BCUT2D eigenvalue weighted by atomic mass is 35.5. The maximum Gasteiger partial charge on any atom is 0.146 e. The maximum atomic E-state index is 13.8. The lowest BCUT2D eigenvalue weighted by molar-refractivity contribution is 0.543. The summed E-state index contributed by atoms with van der Waals surface area (Å²) >= 11 is 5.77. The first-order chi connectivity index (χ1) is 9.09. The standard InChI is InChI=1S/C16H17ClFN/c1-11-6-3-4-8-14(11)12(2)19-10-13-7-5-9-15(17)16(13)18/h3-9,12,19H,10H2,1-2H3/t12-/m1/s1. The summed E-state index contributed by atoms with van der Waals surface area (Å²) in [6.45, 7) is 4.61. The number of halogens is 2. The third-order valence-electron chi connectivity index (χ3n) is 3.29. The Morgan fingerprint density at radius 3 is 2.63 bits per heavy atom. The van der Waals surface area contributed by atoms with E-state index in [4.69, 9.17) is 11.6 Å². The number of aryl methyl sites for hydroxylation is 1. The monoisotopic (exact) mass is 277 g/mol. The van der Waals surface area contributed by atoms with Gasteiger partial charge in [-0.1, -0.05) is 48.0 Å². The van der Waals surface area contributed by atoms with Crippen LogP contribution < -0.4 is 5.32 Å². The molecule has 0 fully saturated rings. The zero-order chi connectivity index (χ0) is 13.8. The van der Waals surface area contributed by atoms with E-state index >= 15 is 0 Å². The fourth-order valence-electron chi connectivity index (χ4n) is 2.13. The van der Waals surface area contributed by atoms with Gasteiger partial charge >= 0.3 is 0 Å². The van der Waals surface area contributed by atoms with E-state index in [9.17, 15) is 4.39 Å². The lowest BCUT2D eigenvalue weighted by Crippen LogP contribution is -2.19. The third kappa shape index (κ3) is 3.34. The van der Waals surface area contributed by atoms with Gasteiger partial charge in [-0.2, -0.15) is 0 Å². The minimum absolute atomic E-state index is 0.166. The highest BCUT2D eigenvalue weighted by Crippen LogP contribution is 2.20. The Balaban J connectivity index is 2.07. The van der Waals surface area contributed by atoms with Crippen LogP contribution >= 0.6 is 11.6 Å². The van der Waals surface area contributed by atoms with Crippen LogP contribution in [0.4, 0.5) is 4.39 Å². The Morgan fingerprint density at radius 1 is 1.16 bits per heavy atom. The van der Waals surface area contributed by atoms with Crippen molar-refractivity contribution in [3.63, 3.8) is 0 Å². The summed E-state index contributed by atoms with van der Waals surface area (Å²) in [6, 6.07) is 13.4. The molecule has 0 aromatic heterocycles. The lowest BCUT2D eigenvalue weighted by atomic mass is 10.0. The number of benzene rings is 2. The SMILES string of the molecule is Cc1ccccc1[C@@H](C)NCc1cccc(Cl)c1F. The molecule has 0 heterocycles. The fraction of sp³-hybridized carbons (Fsp3) is 0.250. The average Bonchev–Trinajstić information content (AvgIpc) is 2.40. The van der Waals surface area contributed by atoms with Crippen LogP contribution in [0.1, 0.15) is 29.7 Å². The van der Waals surface area contributed by atoms with Crippen molar-refractivity contribution in [1.29, 1.82) is 0 Å². The van der Waals surface area contributed by atoms with Crippen LogP contribution in [0, 0.1) is 12.7 Å². The molecular weight excluding hydrogens is 261 g/mol. The van der Waals surface area contributed by atoms with Gasteiger partial charge < -0.3 is 5.32 Å². The van der Waals surface area contributed by atoms with Crippen molar-refractivity contribution in [2.45, 2.75) is 26.4 Å². The van der Waals surface area contributed by atoms with Gasteiger partial charge in [0.2, 0.25) is 0 Å². The second-order valence-electron chi connectivity index (χ2n) is 4.67. The van der Waals surface area contributed by atoms with E-state index in [0.29, 0.717) is 12.1 Å². The Labute approximate surface area is 118 Å². The third-order valence-corrected chi connectivity index (χ3v) is 3.58. The molecule has 0 saturated carbocycles. The molecule has 2 aromatic rings. The summed E-state index contributed by atoms with van der Waals surface area (Å²) in [6.07, 6.45) is 0. The van der Waals surface area contributed by atoms with Crippen molar-refractivity contribution in [3.8, 4) is 0 Å². The highest BCUT2D eigenvalue weighted by Gasteiger charge is 2.10. The molecule has 0 amide bonds. The van der Waals surface area contributed by atoms with E-state index in [-0.39, 0.29) is 16.9 Å². The summed E-state index contributed by atoms with van der Waals surface area (Å²) in [4.78, 5) is 0. The summed E-state index contributed by atoms with van der Waals surface area (Å²) in [5.41, 5.74) is 3.05. The largest absolute Gasteiger partial charge is 0.306 e. The first kappa shape index (κ1) is 14.0. The molecule has 0 aliphatic rings. The molecule has 1 N–H and O–H groups in total. The van der Waals surface area contributed by atoms with Crippen LogP contribution in [-0.2, 0) is 6.54 Å². The minimum Gasteiger partial charge on any atom is -0.306 e. The van der Waals surface area contributed by atoms with Crippen molar-refractivity contribution >= 4 is 11.6 Å². The summed E-state index contributed by atoms with van der Waals surface area (Å²) in [5.74, 6) is -0.339. The van der Waals surface area contributed by atoms with Gasteiger partial charge in [-0.15, -0.1) is 0 Å². The average molecular weight is 278 g/mol. The first-order valence-corrected chi connectivity index (χ1v) is 6.69. The lowest BCUT2D eigenvalue weighted by Gasteiger charge is -2.17. The molecular formula is C16H17ClFN. The van der Waals surface area contributed by atoms with E-state index in [2.05, 4.69) is 31.3 Å². The second kappa shape index (κ2) is 6.18. The molecule has 0 radical (unpaired) electrons. The van der Waals surface area contributed by atoms with E-state index in [1.54, 1.807) is 18.2 Å². The minimum atomic E-state index is -0.339. The number of hydrogen-bond donors (Lipinski definition) is 1. The molecule has 0 spiro atoms. The van der Waals surface area contributed by atoms with E-state index < -0.39 is 0 Å². The predicted octanol–water partition coefficient (Wildman–Crippen LogP) is 4.64. The molecule has 0 aliphatic carbocycles. The normalized spacial score (nSPS) is 12.4. The topological polar surface area (TPSA) is 12.0 Å². The van der Waals surface area contributed by atoms with Crippen LogP contribution in [0.25, 0.3) is 0 Å². The molecule has 2 aromatic carbocycles. The van der Waals surface area contributed by atoms with Crippen molar-refractivity contribution in [3.05, 3.63) is 70.0 Å². The van der Waals surface area contributed by atoms with Gasteiger partial charge in [0.1, 0.15) is 5.82 Å². The molecule has 0 bridgehead atoms. The molecule has 0 aliphatic heterocycles. The predicted molar refractivity (Wildman–Crippen MR) is 77.8 cm³/mol. The molecule has 1 nitrogen and oxygen atoms in total. The molecule has 2 rings (SSSR count). The van der Waals surface area contributed by atoms with Gasteiger partial charge in [-0.3, -0.25) is 0 Å². The Morgan fingerprint density at radius 2 is 1.89 bits per heavy atom. The van der Waals surface area contributed by atoms with Crippen molar-refractivity contribution in [2.75, 3.05) is 0 Å². The summed E-state index contributed by atoms with van der Waals surface area (Å²) in [7, 11) is 0. The second-order valence-corrected chi connectivity index (χ2v) is 5.08. The van der Waals surface area contributed by atoms with Gasteiger partial charge in [0, 0.05) is 18.2 Å². The highest BCUT2D eigenvalue weighted by molar-refractivity contribution is 6.30. The quantitative estimate of drug-likeness (QED) is 0.858. The van der Waals surface area contributed by atoms with Crippen LogP contribution in [0.15, 0.2) is 42.5 Å². The number of rotatable bonds is 4. The summed E-state index contributed by atoms with van der Waals surface area (Å²) < 4.78 is 13.8. The van der Waals surface area contributed by atoms with Crippen LogP contribution in [0.5, 0.6) is 0 Å². The Hall–Kier alpha value is -1.38. The molecule has 1 atom stereocenters. The van der Waals surface area contributed by atoms with Gasteiger partial charge in [0.25, 0.3) is 0 Å². The van der Waals surface area contributed by atoms with Gasteiger partial charge in [-0.25, -0.2) is 4.39 Å². The van der Waals surface area contributed by atoms with Gasteiger partial charge in [0.05, 0.1) is 5.02 Å². The molecule has 0 saturated heterocycles. The van der Waals surface area contributed by atoms with E-state index in [0.717, 1.165) is 0 Å². The van der Waals surface area contributed by atoms with E-state index in [1.165, 1.54) is 11.1 Å². The zero-order valence-corrected chi connectivity index (χ0v) is 11.8. The fourth-order valence-corrected chi connectivity index (χ4v) is 2.32. The van der Waals surface area contributed by atoms with Crippen LogP contribution in [0.2, 0.25) is 5.02 Å². The first-order valence-electron chi connectivity index (χ1n) is 6.31. The Kier molecular flexibility index (Phi) is 4.56. The smallest absolute Gasteiger partial charge is 0.146 e. The molecule has 0 unspecified atom stereocenters. The number of nitrogens with one attached hydrogen (secondary N) is 1. The van der Waals surface area contributed by atoms with Crippen LogP contribution in [0.3, 0.4) is 0 Å². The van der Waals surface area contributed by atoms with Gasteiger partial charge in [-0.05, 0) is 31.0 Å². The molecule has 3 heteroatoms.